The van der Waals surface area contributed by atoms with Crippen LogP contribution in [-0.4, -0.2) is 77.4 Å². The molecule has 1 N–H and O–H groups in total. The van der Waals surface area contributed by atoms with Gasteiger partial charge in [0.05, 0.1) is 12.1 Å². The molecule has 2 aromatic rings. The van der Waals surface area contributed by atoms with E-state index in [2.05, 4.69) is 4.90 Å². The summed E-state index contributed by atoms with van der Waals surface area (Å²) in [4.78, 5) is 31.4. The number of benzene rings is 2. The van der Waals surface area contributed by atoms with E-state index in [9.17, 15) is 14.7 Å². The van der Waals surface area contributed by atoms with E-state index >= 15 is 0 Å². The second-order valence-corrected chi connectivity index (χ2v) is 8.90. The maximum absolute atomic E-state index is 13.3. The summed E-state index contributed by atoms with van der Waals surface area (Å²) in [5.41, 5.74) is 0.377. The molecule has 0 saturated carbocycles. The number of fused-ring (bicyclic) bond motifs is 1. The minimum atomic E-state index is -0.107. The zero-order valence-corrected chi connectivity index (χ0v) is 17.9. The largest absolute Gasteiger partial charge is 0.507 e. The number of carbonyl (C=O) groups excluding carboxylic acids is 2. The van der Waals surface area contributed by atoms with Gasteiger partial charge >= 0.3 is 0 Å². The highest BCUT2D eigenvalue weighted by molar-refractivity contribution is 6.01. The zero-order chi connectivity index (χ0) is 21.3. The monoisotopic (exact) mass is 409 g/mol. The van der Waals surface area contributed by atoms with E-state index in [0.717, 1.165) is 49.4 Å². The van der Waals surface area contributed by atoms with Crippen LogP contribution in [0.15, 0.2) is 36.4 Å². The normalized spacial score (nSPS) is 22.4. The van der Waals surface area contributed by atoms with Gasteiger partial charge in [0.2, 0.25) is 5.91 Å². The Hall–Kier alpha value is -2.60. The predicted molar refractivity (Wildman–Crippen MR) is 118 cm³/mol. The molecule has 0 unspecified atom stereocenters. The van der Waals surface area contributed by atoms with Gasteiger partial charge in [-0.2, -0.15) is 0 Å². The van der Waals surface area contributed by atoms with E-state index in [-0.39, 0.29) is 23.1 Å². The van der Waals surface area contributed by atoms with Gasteiger partial charge in [0.25, 0.3) is 5.91 Å². The quantitative estimate of drug-likeness (QED) is 0.846. The molecule has 4 rings (SSSR count). The van der Waals surface area contributed by atoms with Crippen molar-refractivity contribution < 1.29 is 14.7 Å². The van der Waals surface area contributed by atoms with Gasteiger partial charge in [0.15, 0.2) is 0 Å². The Morgan fingerprint density at radius 2 is 1.67 bits per heavy atom. The number of hydrogen-bond donors (Lipinski definition) is 1. The summed E-state index contributed by atoms with van der Waals surface area (Å²) in [6.07, 6.45) is 4.96. The van der Waals surface area contributed by atoms with Crippen molar-refractivity contribution in [3.05, 3.63) is 42.0 Å². The van der Waals surface area contributed by atoms with Crippen molar-refractivity contribution in [1.82, 2.24) is 14.7 Å². The lowest BCUT2D eigenvalue weighted by molar-refractivity contribution is -0.131. The summed E-state index contributed by atoms with van der Waals surface area (Å²) in [7, 11) is 3.60. The molecule has 2 heterocycles. The molecule has 0 bridgehead atoms. The fourth-order valence-electron chi connectivity index (χ4n) is 5.06. The Balaban J connectivity index is 1.51. The number of phenols is 1. The second-order valence-electron chi connectivity index (χ2n) is 8.90. The number of nitrogens with zero attached hydrogens (tertiary/aromatic N) is 3. The smallest absolute Gasteiger partial charge is 0.257 e. The number of likely N-dealkylation sites (N-methyl/N-ethyl adjacent to an activating group) is 1. The van der Waals surface area contributed by atoms with Crippen LogP contribution in [0.5, 0.6) is 5.75 Å². The molecule has 0 radical (unpaired) electrons. The van der Waals surface area contributed by atoms with E-state index in [1.165, 1.54) is 0 Å². The predicted octanol–water partition coefficient (Wildman–Crippen LogP) is 3.09. The molecule has 2 aliphatic heterocycles. The van der Waals surface area contributed by atoms with Crippen molar-refractivity contribution in [3.8, 4) is 5.75 Å². The number of carbonyl (C=O) groups is 2. The van der Waals surface area contributed by atoms with Crippen molar-refractivity contribution in [1.29, 1.82) is 0 Å². The van der Waals surface area contributed by atoms with Crippen molar-refractivity contribution in [2.45, 2.75) is 37.6 Å². The number of amides is 2. The molecule has 6 nitrogen and oxygen atoms in total. The Bertz CT molecular complexity index is 958. The van der Waals surface area contributed by atoms with E-state index in [1.807, 2.05) is 29.2 Å². The summed E-state index contributed by atoms with van der Waals surface area (Å²) >= 11 is 0. The standard InChI is InChI=1S/C24H31N3O3/c1-25(2)22(29)17-27-13-6-10-24(27)9-5-12-26(14-11-24)23(30)20-15-18-7-3-4-8-19(18)16-21(20)28/h3-4,7-8,15-16,28H,5-6,9-14,17H2,1-2H3/t24-/m0/s1. The van der Waals surface area contributed by atoms with E-state index in [4.69, 9.17) is 0 Å². The van der Waals surface area contributed by atoms with Crippen molar-refractivity contribution in [2.24, 2.45) is 0 Å². The zero-order valence-electron chi connectivity index (χ0n) is 17.9. The number of phenolic OH excluding ortho intramolecular Hbond substituents is 1. The minimum absolute atomic E-state index is 0.00608. The SMILES string of the molecule is CN(C)C(=O)CN1CCC[C@]12CCCN(C(=O)c1cc3ccccc3cc1O)CC2. The highest BCUT2D eigenvalue weighted by Gasteiger charge is 2.43. The maximum atomic E-state index is 13.3. The molecule has 160 valence electrons. The second kappa shape index (κ2) is 8.26. The fourth-order valence-corrected chi connectivity index (χ4v) is 5.06. The molecule has 1 spiro atoms. The summed E-state index contributed by atoms with van der Waals surface area (Å²) < 4.78 is 0. The van der Waals surface area contributed by atoms with Crippen LogP contribution in [-0.2, 0) is 4.79 Å². The van der Waals surface area contributed by atoms with Crippen molar-refractivity contribution >= 4 is 22.6 Å². The summed E-state index contributed by atoms with van der Waals surface area (Å²) in [5.74, 6) is 0.0653. The fraction of sp³-hybridized carbons (Fsp3) is 0.500. The number of hydrogen-bond acceptors (Lipinski definition) is 4. The van der Waals surface area contributed by atoms with Crippen molar-refractivity contribution in [2.75, 3.05) is 40.3 Å². The van der Waals surface area contributed by atoms with Crippen LogP contribution in [0.2, 0.25) is 0 Å². The summed E-state index contributed by atoms with van der Waals surface area (Å²) in [5, 5.41) is 12.4. The van der Waals surface area contributed by atoms with E-state index in [1.54, 1.807) is 31.1 Å². The number of aromatic hydroxyl groups is 1. The van der Waals surface area contributed by atoms with Gasteiger partial charge < -0.3 is 14.9 Å². The molecular weight excluding hydrogens is 378 g/mol. The molecule has 0 aliphatic carbocycles. The first kappa shape index (κ1) is 20.7. The lowest BCUT2D eigenvalue weighted by Crippen LogP contribution is -2.48. The van der Waals surface area contributed by atoms with E-state index < -0.39 is 0 Å². The van der Waals surface area contributed by atoms with Gasteiger partial charge in [-0.25, -0.2) is 0 Å². The first-order valence-corrected chi connectivity index (χ1v) is 10.9. The average Bonchev–Trinajstić information content (AvgIpc) is 2.97. The Morgan fingerprint density at radius 1 is 1.00 bits per heavy atom. The highest BCUT2D eigenvalue weighted by Crippen LogP contribution is 2.39. The lowest BCUT2D eigenvalue weighted by atomic mass is 9.87. The van der Waals surface area contributed by atoms with Crippen molar-refractivity contribution in [3.63, 3.8) is 0 Å². The Morgan fingerprint density at radius 3 is 2.37 bits per heavy atom. The molecule has 2 aromatic carbocycles. The molecular formula is C24H31N3O3. The average molecular weight is 410 g/mol. The highest BCUT2D eigenvalue weighted by atomic mass is 16.3. The molecule has 2 aliphatic rings. The Kier molecular flexibility index (Phi) is 5.69. The third-order valence-electron chi connectivity index (χ3n) is 6.86. The van der Waals surface area contributed by atoms with Crippen LogP contribution >= 0.6 is 0 Å². The van der Waals surface area contributed by atoms with Gasteiger partial charge in [0, 0.05) is 32.7 Å². The number of likely N-dealkylation sites (tertiary alicyclic amines) is 2. The third-order valence-corrected chi connectivity index (χ3v) is 6.86. The summed E-state index contributed by atoms with van der Waals surface area (Å²) in [6, 6.07) is 11.2. The topological polar surface area (TPSA) is 64.1 Å². The van der Waals surface area contributed by atoms with Crippen LogP contribution in [0.1, 0.15) is 42.5 Å². The van der Waals surface area contributed by atoms with Crippen LogP contribution < -0.4 is 0 Å². The maximum Gasteiger partial charge on any atom is 0.257 e. The van der Waals surface area contributed by atoms with Gasteiger partial charge in [-0.3, -0.25) is 14.5 Å². The molecule has 30 heavy (non-hydrogen) atoms. The van der Waals surface area contributed by atoms with Gasteiger partial charge in [0.1, 0.15) is 5.75 Å². The van der Waals surface area contributed by atoms with Crippen LogP contribution in [0.4, 0.5) is 0 Å². The van der Waals surface area contributed by atoms with Crippen LogP contribution in [0.3, 0.4) is 0 Å². The Labute approximate surface area is 178 Å². The number of rotatable bonds is 3. The molecule has 2 fully saturated rings. The van der Waals surface area contributed by atoms with Crippen LogP contribution in [0.25, 0.3) is 10.8 Å². The third kappa shape index (κ3) is 3.88. The minimum Gasteiger partial charge on any atom is -0.507 e. The van der Waals surface area contributed by atoms with E-state index in [0.29, 0.717) is 25.2 Å². The lowest BCUT2D eigenvalue weighted by Gasteiger charge is -2.38. The van der Waals surface area contributed by atoms with Crippen LogP contribution in [0, 0.1) is 0 Å². The first-order chi connectivity index (χ1) is 14.4. The van der Waals surface area contributed by atoms with Gasteiger partial charge in [-0.1, -0.05) is 24.3 Å². The molecule has 2 saturated heterocycles. The van der Waals surface area contributed by atoms with Gasteiger partial charge in [-0.05, 0) is 61.6 Å². The molecule has 0 aromatic heterocycles. The summed E-state index contributed by atoms with van der Waals surface area (Å²) in [6.45, 7) is 2.73. The van der Waals surface area contributed by atoms with Gasteiger partial charge in [-0.15, -0.1) is 0 Å². The first-order valence-electron chi connectivity index (χ1n) is 10.9. The molecule has 2 amide bonds. The molecule has 1 atom stereocenters. The molecule has 6 heteroatoms.